The molecule has 1 heterocycles. The predicted octanol–water partition coefficient (Wildman–Crippen LogP) is 0.232. The summed E-state index contributed by atoms with van der Waals surface area (Å²) in [5.74, 6) is 0.105. The van der Waals surface area contributed by atoms with Crippen LogP contribution in [0.15, 0.2) is 0 Å². The second-order valence-corrected chi connectivity index (χ2v) is 3.90. The molecule has 0 aromatic rings. The Balaban J connectivity index is 2.33. The van der Waals surface area contributed by atoms with Gasteiger partial charge in [-0.1, -0.05) is 0 Å². The third-order valence-electron chi connectivity index (χ3n) is 2.24. The summed E-state index contributed by atoms with van der Waals surface area (Å²) >= 11 is 0. The molecule has 1 N–H and O–H groups in total. The molecule has 1 rings (SSSR count). The quantitative estimate of drug-likeness (QED) is 0.709. The topological polar surface area (TPSA) is 41.6 Å². The third-order valence-corrected chi connectivity index (χ3v) is 2.24. The van der Waals surface area contributed by atoms with Crippen molar-refractivity contribution in [2.24, 2.45) is 0 Å². The third kappa shape index (κ3) is 3.64. The lowest BCUT2D eigenvalue weighted by Crippen LogP contribution is -2.49. The van der Waals surface area contributed by atoms with E-state index < -0.39 is 0 Å². The molecule has 1 saturated heterocycles. The number of carbonyl (C=O) groups excluding carboxylic acids is 1. The average molecular weight is 200 g/mol. The molecule has 0 aromatic carbocycles. The Morgan fingerprint density at radius 3 is 2.50 bits per heavy atom. The summed E-state index contributed by atoms with van der Waals surface area (Å²) in [6.07, 6.45) is 0.460. The molecule has 1 fully saturated rings. The van der Waals surface area contributed by atoms with Gasteiger partial charge in [0.1, 0.15) is 0 Å². The van der Waals surface area contributed by atoms with Crippen LogP contribution in [0.25, 0.3) is 0 Å². The van der Waals surface area contributed by atoms with E-state index >= 15 is 0 Å². The number of rotatable bonds is 3. The second-order valence-electron chi connectivity index (χ2n) is 3.90. The van der Waals surface area contributed by atoms with E-state index in [0.717, 1.165) is 13.1 Å². The van der Waals surface area contributed by atoms with Crippen LogP contribution < -0.4 is 5.32 Å². The van der Waals surface area contributed by atoms with Gasteiger partial charge in [0.2, 0.25) is 5.91 Å². The van der Waals surface area contributed by atoms with Gasteiger partial charge in [0.05, 0.1) is 18.8 Å². The Hall–Kier alpha value is -0.610. The Morgan fingerprint density at radius 1 is 1.43 bits per heavy atom. The lowest BCUT2D eigenvalue weighted by atomic mass is 10.2. The van der Waals surface area contributed by atoms with Gasteiger partial charge >= 0.3 is 0 Å². The van der Waals surface area contributed by atoms with Gasteiger partial charge in [-0.15, -0.1) is 0 Å². The van der Waals surface area contributed by atoms with E-state index in [1.54, 1.807) is 0 Å². The number of morpholine rings is 1. The zero-order valence-electron chi connectivity index (χ0n) is 9.25. The van der Waals surface area contributed by atoms with Crippen molar-refractivity contribution in [1.29, 1.82) is 0 Å². The van der Waals surface area contributed by atoms with Crippen LogP contribution in [0, 0.1) is 0 Å². The van der Waals surface area contributed by atoms with E-state index in [0.29, 0.717) is 13.1 Å². The fourth-order valence-electron chi connectivity index (χ4n) is 1.87. The van der Waals surface area contributed by atoms with Crippen LogP contribution in [0.1, 0.15) is 20.8 Å². The maximum absolute atomic E-state index is 11.3. The van der Waals surface area contributed by atoms with Crippen molar-refractivity contribution in [2.45, 2.75) is 33.0 Å². The number of nitrogens with zero attached hydrogens (tertiary/aromatic N) is 1. The highest BCUT2D eigenvalue weighted by Gasteiger charge is 2.23. The summed E-state index contributed by atoms with van der Waals surface area (Å²) in [6.45, 7) is 8.91. The molecule has 14 heavy (non-hydrogen) atoms. The summed E-state index contributed by atoms with van der Waals surface area (Å²) in [6, 6.07) is 0. The molecule has 4 heteroatoms. The molecular weight excluding hydrogens is 180 g/mol. The van der Waals surface area contributed by atoms with Crippen LogP contribution in [0.2, 0.25) is 0 Å². The van der Waals surface area contributed by atoms with Crippen LogP contribution in [0.3, 0.4) is 0 Å². The van der Waals surface area contributed by atoms with Gasteiger partial charge in [0.15, 0.2) is 0 Å². The largest absolute Gasteiger partial charge is 0.373 e. The second kappa shape index (κ2) is 5.32. The van der Waals surface area contributed by atoms with Gasteiger partial charge in [0.25, 0.3) is 0 Å². The first-order valence-corrected chi connectivity index (χ1v) is 5.26. The molecule has 0 spiro atoms. The van der Waals surface area contributed by atoms with Crippen LogP contribution in [0.5, 0.6) is 0 Å². The Kier molecular flexibility index (Phi) is 4.35. The highest BCUT2D eigenvalue weighted by Crippen LogP contribution is 2.09. The highest BCUT2D eigenvalue weighted by molar-refractivity contribution is 5.77. The summed E-state index contributed by atoms with van der Waals surface area (Å²) in [4.78, 5) is 13.5. The molecule has 82 valence electrons. The summed E-state index contributed by atoms with van der Waals surface area (Å²) in [5.41, 5.74) is 0. The van der Waals surface area contributed by atoms with Crippen molar-refractivity contribution in [3.8, 4) is 0 Å². The van der Waals surface area contributed by atoms with Crippen molar-refractivity contribution in [3.63, 3.8) is 0 Å². The van der Waals surface area contributed by atoms with Gasteiger partial charge in [-0.2, -0.15) is 0 Å². The zero-order valence-corrected chi connectivity index (χ0v) is 9.25. The Morgan fingerprint density at radius 2 is 2.00 bits per heavy atom. The molecule has 0 bridgehead atoms. The smallest absolute Gasteiger partial charge is 0.234 e. The molecule has 0 aromatic heterocycles. The van der Waals surface area contributed by atoms with E-state index in [4.69, 9.17) is 4.74 Å². The van der Waals surface area contributed by atoms with Gasteiger partial charge in [-0.05, 0) is 20.8 Å². The van der Waals surface area contributed by atoms with E-state index in [1.807, 2.05) is 20.8 Å². The minimum absolute atomic E-state index is 0.105. The minimum Gasteiger partial charge on any atom is -0.373 e. The molecule has 0 radical (unpaired) electrons. The predicted molar refractivity (Wildman–Crippen MR) is 55.1 cm³/mol. The van der Waals surface area contributed by atoms with E-state index in [-0.39, 0.29) is 18.1 Å². The monoisotopic (exact) mass is 200 g/mol. The number of hydrogen-bond acceptors (Lipinski definition) is 3. The van der Waals surface area contributed by atoms with Crippen molar-refractivity contribution < 1.29 is 9.53 Å². The first-order valence-electron chi connectivity index (χ1n) is 5.26. The van der Waals surface area contributed by atoms with E-state index in [2.05, 4.69) is 10.2 Å². The summed E-state index contributed by atoms with van der Waals surface area (Å²) in [7, 11) is 0. The standard InChI is InChI=1S/C10H20N2O2/c1-4-11-10(13)7-12-5-8(2)14-9(3)6-12/h8-9H,4-7H2,1-3H3,(H,11,13). The van der Waals surface area contributed by atoms with Gasteiger partial charge in [0, 0.05) is 19.6 Å². The lowest BCUT2D eigenvalue weighted by Gasteiger charge is -2.34. The SMILES string of the molecule is CCNC(=O)CN1CC(C)OC(C)C1. The van der Waals surface area contributed by atoms with Gasteiger partial charge in [-0.25, -0.2) is 0 Å². The van der Waals surface area contributed by atoms with Crippen LogP contribution in [-0.2, 0) is 9.53 Å². The van der Waals surface area contributed by atoms with Crippen LogP contribution in [0.4, 0.5) is 0 Å². The molecule has 2 unspecified atom stereocenters. The van der Waals surface area contributed by atoms with E-state index in [1.165, 1.54) is 0 Å². The maximum Gasteiger partial charge on any atom is 0.234 e. The Bertz CT molecular complexity index is 187. The first kappa shape index (κ1) is 11.5. The first-order chi connectivity index (χ1) is 6.61. The molecule has 4 nitrogen and oxygen atoms in total. The van der Waals surface area contributed by atoms with E-state index in [9.17, 15) is 4.79 Å². The van der Waals surface area contributed by atoms with Crippen molar-refractivity contribution in [3.05, 3.63) is 0 Å². The highest BCUT2D eigenvalue weighted by atomic mass is 16.5. The van der Waals surface area contributed by atoms with Crippen LogP contribution >= 0.6 is 0 Å². The average Bonchev–Trinajstić information content (AvgIpc) is 2.01. The molecule has 2 atom stereocenters. The molecule has 1 aliphatic rings. The molecule has 0 saturated carbocycles. The number of carbonyl (C=O) groups is 1. The summed E-state index contributed by atoms with van der Waals surface area (Å²) in [5, 5.41) is 2.80. The Labute approximate surface area is 85.6 Å². The normalized spacial score (nSPS) is 28.8. The fraction of sp³-hybridized carbons (Fsp3) is 0.900. The van der Waals surface area contributed by atoms with Crippen molar-refractivity contribution in [2.75, 3.05) is 26.2 Å². The van der Waals surface area contributed by atoms with Crippen LogP contribution in [-0.4, -0.2) is 49.2 Å². The van der Waals surface area contributed by atoms with Crippen molar-refractivity contribution >= 4 is 5.91 Å². The number of amides is 1. The number of hydrogen-bond donors (Lipinski definition) is 1. The van der Waals surface area contributed by atoms with Gasteiger partial charge < -0.3 is 10.1 Å². The fourth-order valence-corrected chi connectivity index (χ4v) is 1.87. The number of nitrogens with one attached hydrogen (secondary N) is 1. The van der Waals surface area contributed by atoms with Crippen molar-refractivity contribution in [1.82, 2.24) is 10.2 Å². The molecular formula is C10H20N2O2. The van der Waals surface area contributed by atoms with Gasteiger partial charge in [-0.3, -0.25) is 9.69 Å². The molecule has 1 aliphatic heterocycles. The summed E-state index contributed by atoms with van der Waals surface area (Å²) < 4.78 is 5.58. The molecule has 1 amide bonds. The molecule has 0 aliphatic carbocycles. The zero-order chi connectivity index (χ0) is 10.6. The minimum atomic E-state index is 0.105. The number of ether oxygens (including phenoxy) is 1. The lowest BCUT2D eigenvalue weighted by molar-refractivity contribution is -0.125. The maximum atomic E-state index is 11.3. The number of likely N-dealkylation sites (N-methyl/N-ethyl adjacent to an activating group) is 1.